The lowest BCUT2D eigenvalue weighted by molar-refractivity contribution is -0.149. The molecule has 0 bridgehead atoms. The Balaban J connectivity index is 1.49. The Bertz CT molecular complexity index is 997. The quantitative estimate of drug-likeness (QED) is 0.655. The van der Waals surface area contributed by atoms with E-state index in [0.717, 1.165) is 26.9 Å². The van der Waals surface area contributed by atoms with Gasteiger partial charge in [0.05, 0.1) is 10.2 Å². The second-order valence-corrected chi connectivity index (χ2v) is 7.29. The van der Waals surface area contributed by atoms with Crippen LogP contribution in [0.4, 0.5) is 5.13 Å². The summed E-state index contributed by atoms with van der Waals surface area (Å²) in [6, 6.07) is 11.4. The maximum Gasteiger partial charge on any atom is 0.344 e. The summed E-state index contributed by atoms with van der Waals surface area (Å²) < 4.78 is 11.3. The van der Waals surface area contributed by atoms with Crippen LogP contribution in [0, 0.1) is 20.8 Å². The standard InChI is InChI=1S/C20H20N2O4S/c1-12-5-4-6-15(8-12)25-11-18(24)26-10-17(23)21-20-22-19-14(3)7-13(2)9-16(19)27-20/h4-9H,10-11H2,1-3H3,(H,21,22,23). The number of ether oxygens (including phenoxy) is 2. The van der Waals surface area contributed by atoms with Crippen molar-refractivity contribution >= 4 is 38.6 Å². The topological polar surface area (TPSA) is 77.5 Å². The molecule has 27 heavy (non-hydrogen) atoms. The first-order valence-electron chi connectivity index (χ1n) is 8.43. The van der Waals surface area contributed by atoms with Crippen molar-refractivity contribution in [2.45, 2.75) is 20.8 Å². The van der Waals surface area contributed by atoms with E-state index in [1.807, 2.05) is 51.1 Å². The number of rotatable bonds is 6. The Labute approximate surface area is 161 Å². The zero-order chi connectivity index (χ0) is 19.4. The number of thiazole rings is 1. The minimum atomic E-state index is -0.609. The smallest absolute Gasteiger partial charge is 0.344 e. The van der Waals surface area contributed by atoms with E-state index in [1.165, 1.54) is 11.3 Å². The third kappa shape index (κ3) is 5.04. The number of aromatic nitrogens is 1. The molecule has 0 aliphatic heterocycles. The highest BCUT2D eigenvalue weighted by Gasteiger charge is 2.12. The van der Waals surface area contributed by atoms with Gasteiger partial charge in [-0.25, -0.2) is 9.78 Å². The number of anilines is 1. The molecule has 1 N–H and O–H groups in total. The maximum absolute atomic E-state index is 12.0. The molecule has 140 valence electrons. The summed E-state index contributed by atoms with van der Waals surface area (Å²) >= 11 is 1.39. The highest BCUT2D eigenvalue weighted by molar-refractivity contribution is 7.22. The highest BCUT2D eigenvalue weighted by atomic mass is 32.1. The summed E-state index contributed by atoms with van der Waals surface area (Å²) in [5, 5.41) is 3.15. The monoisotopic (exact) mass is 384 g/mol. The van der Waals surface area contributed by atoms with Crippen molar-refractivity contribution in [1.29, 1.82) is 0 Å². The predicted molar refractivity (Wildman–Crippen MR) is 105 cm³/mol. The fourth-order valence-electron chi connectivity index (χ4n) is 2.61. The molecule has 7 heteroatoms. The van der Waals surface area contributed by atoms with Gasteiger partial charge < -0.3 is 9.47 Å². The lowest BCUT2D eigenvalue weighted by atomic mass is 10.1. The molecule has 1 heterocycles. The molecule has 0 spiro atoms. The minimum absolute atomic E-state index is 0.254. The third-order valence-corrected chi connectivity index (χ3v) is 4.70. The molecule has 2 aromatic carbocycles. The van der Waals surface area contributed by atoms with Crippen LogP contribution in [0.2, 0.25) is 0 Å². The molecule has 0 saturated heterocycles. The number of hydrogen-bond acceptors (Lipinski definition) is 6. The Morgan fingerprint density at radius 3 is 2.67 bits per heavy atom. The zero-order valence-corrected chi connectivity index (χ0v) is 16.2. The van der Waals surface area contributed by atoms with Gasteiger partial charge in [0.25, 0.3) is 5.91 Å². The molecule has 0 aliphatic carbocycles. The second-order valence-electron chi connectivity index (χ2n) is 6.26. The molecule has 0 unspecified atom stereocenters. The lowest BCUT2D eigenvalue weighted by Crippen LogP contribution is -2.23. The van der Waals surface area contributed by atoms with Crippen LogP contribution in [0.1, 0.15) is 16.7 Å². The van der Waals surface area contributed by atoms with Gasteiger partial charge in [0.1, 0.15) is 5.75 Å². The number of fused-ring (bicyclic) bond motifs is 1. The van der Waals surface area contributed by atoms with Crippen molar-refractivity contribution in [3.8, 4) is 5.75 Å². The molecular weight excluding hydrogens is 364 g/mol. The van der Waals surface area contributed by atoms with E-state index >= 15 is 0 Å². The molecular formula is C20H20N2O4S. The number of nitrogens with one attached hydrogen (secondary N) is 1. The number of carbonyl (C=O) groups excluding carboxylic acids is 2. The normalized spacial score (nSPS) is 10.6. The van der Waals surface area contributed by atoms with Gasteiger partial charge in [-0.3, -0.25) is 10.1 Å². The van der Waals surface area contributed by atoms with Gasteiger partial charge in [0.2, 0.25) is 0 Å². The molecule has 6 nitrogen and oxygen atoms in total. The Morgan fingerprint density at radius 2 is 1.89 bits per heavy atom. The van der Waals surface area contributed by atoms with Crippen molar-refractivity contribution < 1.29 is 19.1 Å². The molecule has 0 atom stereocenters. The van der Waals surface area contributed by atoms with E-state index in [1.54, 1.807) is 6.07 Å². The first-order chi connectivity index (χ1) is 12.9. The molecule has 0 radical (unpaired) electrons. The van der Waals surface area contributed by atoms with Gasteiger partial charge in [-0.1, -0.05) is 29.5 Å². The first-order valence-corrected chi connectivity index (χ1v) is 9.25. The largest absolute Gasteiger partial charge is 0.482 e. The second kappa shape index (κ2) is 8.18. The number of benzene rings is 2. The third-order valence-electron chi connectivity index (χ3n) is 3.79. The molecule has 3 rings (SSSR count). The van der Waals surface area contributed by atoms with Crippen LogP contribution in [0.15, 0.2) is 36.4 Å². The van der Waals surface area contributed by atoms with Crippen LogP contribution in [0.3, 0.4) is 0 Å². The van der Waals surface area contributed by atoms with Crippen LogP contribution in [0.5, 0.6) is 5.75 Å². The van der Waals surface area contributed by atoms with Gasteiger partial charge in [-0.15, -0.1) is 0 Å². The van der Waals surface area contributed by atoms with Crippen LogP contribution in [-0.4, -0.2) is 30.1 Å². The van der Waals surface area contributed by atoms with Gasteiger partial charge >= 0.3 is 5.97 Å². The summed E-state index contributed by atoms with van der Waals surface area (Å²) in [4.78, 5) is 28.2. The Morgan fingerprint density at radius 1 is 1.07 bits per heavy atom. The molecule has 0 saturated carbocycles. The summed E-state index contributed by atoms with van der Waals surface area (Å²) in [5.74, 6) is -0.466. The van der Waals surface area contributed by atoms with E-state index in [4.69, 9.17) is 9.47 Å². The van der Waals surface area contributed by atoms with Gasteiger partial charge in [0.15, 0.2) is 18.3 Å². The van der Waals surface area contributed by atoms with E-state index in [9.17, 15) is 9.59 Å². The van der Waals surface area contributed by atoms with Gasteiger partial charge in [-0.05, 0) is 55.7 Å². The van der Waals surface area contributed by atoms with Crippen molar-refractivity contribution in [3.63, 3.8) is 0 Å². The molecule has 1 amide bonds. The number of aryl methyl sites for hydroxylation is 3. The average Bonchev–Trinajstić information content (AvgIpc) is 3.01. The minimum Gasteiger partial charge on any atom is -0.482 e. The SMILES string of the molecule is Cc1cccc(OCC(=O)OCC(=O)Nc2nc3c(C)cc(C)cc3s2)c1. The fraction of sp³-hybridized carbons (Fsp3) is 0.250. The van der Waals surface area contributed by atoms with E-state index < -0.39 is 11.9 Å². The van der Waals surface area contributed by atoms with Crippen molar-refractivity contribution in [2.24, 2.45) is 0 Å². The number of esters is 1. The van der Waals surface area contributed by atoms with Gasteiger partial charge in [0, 0.05) is 0 Å². The van der Waals surface area contributed by atoms with E-state index in [2.05, 4.69) is 10.3 Å². The van der Waals surface area contributed by atoms with Crippen molar-refractivity contribution in [1.82, 2.24) is 4.98 Å². The summed E-state index contributed by atoms with van der Waals surface area (Å²) in [6.45, 7) is 5.29. The van der Waals surface area contributed by atoms with Crippen molar-refractivity contribution in [2.75, 3.05) is 18.5 Å². The fourth-order valence-corrected chi connectivity index (χ4v) is 3.67. The maximum atomic E-state index is 12.0. The number of nitrogens with zero attached hydrogens (tertiary/aromatic N) is 1. The highest BCUT2D eigenvalue weighted by Crippen LogP contribution is 2.29. The lowest BCUT2D eigenvalue weighted by Gasteiger charge is -2.07. The van der Waals surface area contributed by atoms with Crippen LogP contribution in [-0.2, 0) is 14.3 Å². The zero-order valence-electron chi connectivity index (χ0n) is 15.4. The molecule has 0 fully saturated rings. The van der Waals surface area contributed by atoms with E-state index in [-0.39, 0.29) is 13.2 Å². The summed E-state index contributed by atoms with van der Waals surface area (Å²) in [6.07, 6.45) is 0. The molecule has 0 aliphatic rings. The summed E-state index contributed by atoms with van der Waals surface area (Å²) in [5.41, 5.74) is 4.09. The van der Waals surface area contributed by atoms with Gasteiger partial charge in [-0.2, -0.15) is 0 Å². The van der Waals surface area contributed by atoms with Crippen LogP contribution in [0.25, 0.3) is 10.2 Å². The number of carbonyl (C=O) groups is 2. The average molecular weight is 384 g/mol. The van der Waals surface area contributed by atoms with Crippen LogP contribution < -0.4 is 10.1 Å². The number of hydrogen-bond donors (Lipinski definition) is 1. The van der Waals surface area contributed by atoms with E-state index in [0.29, 0.717) is 10.9 Å². The Hall–Kier alpha value is -2.93. The number of amides is 1. The predicted octanol–water partition coefficient (Wildman–Crippen LogP) is 3.78. The first kappa shape index (κ1) is 18.8. The summed E-state index contributed by atoms with van der Waals surface area (Å²) in [7, 11) is 0. The van der Waals surface area contributed by atoms with Crippen LogP contribution >= 0.6 is 11.3 Å². The molecule has 1 aromatic heterocycles. The Kier molecular flexibility index (Phi) is 5.71. The molecule has 3 aromatic rings. The van der Waals surface area contributed by atoms with Crippen molar-refractivity contribution in [3.05, 3.63) is 53.1 Å².